The summed E-state index contributed by atoms with van der Waals surface area (Å²) in [6.45, 7) is 0. The van der Waals surface area contributed by atoms with Gasteiger partial charge in [0, 0.05) is 5.69 Å². The summed E-state index contributed by atoms with van der Waals surface area (Å²) in [4.78, 5) is 11.2. The third-order valence-corrected chi connectivity index (χ3v) is 3.20. The maximum Gasteiger partial charge on any atom is 0.460 e. The second kappa shape index (κ2) is 7.33. The molecule has 0 aliphatic heterocycles. The molecule has 2 aromatic carbocycles. The van der Waals surface area contributed by atoms with E-state index < -0.39 is 29.6 Å². The Morgan fingerprint density at radius 3 is 1.70 bits per heavy atom. The van der Waals surface area contributed by atoms with Crippen molar-refractivity contribution < 1.29 is 35.5 Å². The number of alkyl halides is 7. The number of carbonyl (C=O) groups is 1. The summed E-state index contributed by atoms with van der Waals surface area (Å²) in [5.41, 5.74) is 0.324. The molecule has 4 nitrogen and oxygen atoms in total. The first-order valence-electron chi connectivity index (χ1n) is 7.16. The molecular weight excluding hydrogens is 383 g/mol. The minimum Gasteiger partial charge on any atom is -0.321 e. The number of nitrogens with one attached hydrogen (secondary N) is 1. The molecule has 1 N–H and O–H groups in total. The van der Waals surface area contributed by atoms with Crippen molar-refractivity contribution in [3.8, 4) is 0 Å². The number of rotatable bonds is 5. The molecule has 0 atom stereocenters. The van der Waals surface area contributed by atoms with Gasteiger partial charge in [-0.3, -0.25) is 4.79 Å². The fraction of sp³-hybridized carbons (Fsp3) is 0.188. The minimum atomic E-state index is -6.59. The average Bonchev–Trinajstić information content (AvgIpc) is 2.61. The highest BCUT2D eigenvalue weighted by Gasteiger charge is 2.76. The summed E-state index contributed by atoms with van der Waals surface area (Å²) in [7, 11) is 0. The van der Waals surface area contributed by atoms with E-state index in [4.69, 9.17) is 0 Å². The third-order valence-electron chi connectivity index (χ3n) is 3.20. The first-order chi connectivity index (χ1) is 12.4. The van der Waals surface area contributed by atoms with Gasteiger partial charge in [0.2, 0.25) is 0 Å². The molecule has 0 unspecified atom stereocenters. The quantitative estimate of drug-likeness (QED) is 0.501. The molecule has 11 heteroatoms. The lowest BCUT2D eigenvalue weighted by Crippen LogP contribution is -2.57. The van der Waals surface area contributed by atoms with Crippen LogP contribution in [0.5, 0.6) is 0 Å². The topological polar surface area (TPSA) is 53.8 Å². The SMILES string of the molecule is O=C(Nc1ccc(N=Nc2ccccc2)cc1)C(F)(F)C(F)(F)C(F)(F)F. The monoisotopic (exact) mass is 393 g/mol. The second-order valence-electron chi connectivity index (χ2n) is 5.18. The van der Waals surface area contributed by atoms with Crippen molar-refractivity contribution >= 4 is 23.0 Å². The highest BCUT2D eigenvalue weighted by Crippen LogP contribution is 2.46. The maximum atomic E-state index is 13.2. The van der Waals surface area contributed by atoms with Crippen LogP contribution in [0.3, 0.4) is 0 Å². The number of azo groups is 1. The first kappa shape index (κ1) is 20.3. The second-order valence-corrected chi connectivity index (χ2v) is 5.18. The van der Waals surface area contributed by atoms with E-state index in [2.05, 4.69) is 10.2 Å². The number of hydrogen-bond acceptors (Lipinski definition) is 3. The summed E-state index contributed by atoms with van der Waals surface area (Å²) in [6.07, 6.45) is -6.59. The van der Waals surface area contributed by atoms with Gasteiger partial charge in [0.1, 0.15) is 0 Å². The van der Waals surface area contributed by atoms with E-state index >= 15 is 0 Å². The van der Waals surface area contributed by atoms with E-state index in [9.17, 15) is 35.5 Å². The molecule has 0 aliphatic rings. The number of amides is 1. The maximum absolute atomic E-state index is 13.2. The molecule has 0 saturated heterocycles. The number of anilines is 1. The van der Waals surface area contributed by atoms with Crippen molar-refractivity contribution in [2.75, 3.05) is 5.32 Å². The molecule has 0 heterocycles. The Bertz CT molecular complexity index is 818. The summed E-state index contributed by atoms with van der Waals surface area (Å²) in [6, 6.07) is 12.9. The van der Waals surface area contributed by atoms with Gasteiger partial charge in [0.15, 0.2) is 0 Å². The van der Waals surface area contributed by atoms with Gasteiger partial charge in [0.05, 0.1) is 11.4 Å². The van der Waals surface area contributed by atoms with Crippen molar-refractivity contribution in [3.05, 3.63) is 54.6 Å². The Balaban J connectivity index is 2.10. The smallest absolute Gasteiger partial charge is 0.321 e. The molecule has 0 fully saturated rings. The van der Waals surface area contributed by atoms with E-state index in [1.165, 1.54) is 17.4 Å². The van der Waals surface area contributed by atoms with E-state index in [0.717, 1.165) is 12.1 Å². The molecule has 0 aliphatic carbocycles. The largest absolute Gasteiger partial charge is 0.460 e. The molecule has 0 bridgehead atoms. The number of nitrogens with zero attached hydrogens (tertiary/aromatic N) is 2. The van der Waals surface area contributed by atoms with Gasteiger partial charge in [-0.25, -0.2) is 0 Å². The predicted octanol–water partition coefficient (Wildman–Crippen LogP) is 5.87. The zero-order valence-electron chi connectivity index (χ0n) is 13.1. The van der Waals surface area contributed by atoms with Crippen LogP contribution >= 0.6 is 0 Å². The van der Waals surface area contributed by atoms with Gasteiger partial charge < -0.3 is 5.32 Å². The van der Waals surface area contributed by atoms with E-state index in [1.54, 1.807) is 30.3 Å². The Kier molecular flexibility index (Phi) is 5.52. The van der Waals surface area contributed by atoms with Gasteiger partial charge >= 0.3 is 23.9 Å². The summed E-state index contributed by atoms with van der Waals surface area (Å²) in [5, 5.41) is 8.99. The van der Waals surface area contributed by atoms with Crippen LogP contribution in [0.2, 0.25) is 0 Å². The molecular formula is C16H10F7N3O. The Labute approximate surface area is 147 Å². The molecule has 144 valence electrons. The number of carbonyl (C=O) groups excluding carboxylic acids is 1. The highest BCUT2D eigenvalue weighted by atomic mass is 19.4. The third kappa shape index (κ3) is 4.41. The van der Waals surface area contributed by atoms with E-state index in [0.29, 0.717) is 5.69 Å². The summed E-state index contributed by atoms with van der Waals surface area (Å²) in [5.74, 6) is -15.3. The molecule has 0 aromatic heterocycles. The summed E-state index contributed by atoms with van der Waals surface area (Å²) >= 11 is 0. The Morgan fingerprint density at radius 1 is 0.741 bits per heavy atom. The lowest BCUT2D eigenvalue weighted by atomic mass is 10.1. The van der Waals surface area contributed by atoms with Crippen LogP contribution in [-0.2, 0) is 4.79 Å². The first-order valence-corrected chi connectivity index (χ1v) is 7.16. The summed E-state index contributed by atoms with van der Waals surface area (Å²) < 4.78 is 88.4. The zero-order valence-corrected chi connectivity index (χ0v) is 13.1. The molecule has 0 radical (unpaired) electrons. The van der Waals surface area contributed by atoms with Crippen molar-refractivity contribution in [1.29, 1.82) is 0 Å². The molecule has 0 spiro atoms. The van der Waals surface area contributed by atoms with Crippen LogP contribution in [0.15, 0.2) is 64.8 Å². The molecule has 0 saturated carbocycles. The van der Waals surface area contributed by atoms with Crippen molar-refractivity contribution in [2.45, 2.75) is 18.0 Å². The van der Waals surface area contributed by atoms with Crippen molar-refractivity contribution in [3.63, 3.8) is 0 Å². The fourth-order valence-corrected chi connectivity index (χ4v) is 1.75. The van der Waals surface area contributed by atoms with Gasteiger partial charge in [-0.15, -0.1) is 0 Å². The van der Waals surface area contributed by atoms with Gasteiger partial charge in [-0.2, -0.15) is 41.0 Å². The predicted molar refractivity (Wildman–Crippen MR) is 81.6 cm³/mol. The zero-order chi connectivity index (χ0) is 20.3. The Morgan fingerprint density at radius 2 is 1.22 bits per heavy atom. The molecule has 27 heavy (non-hydrogen) atoms. The van der Waals surface area contributed by atoms with E-state index in [-0.39, 0.29) is 5.69 Å². The van der Waals surface area contributed by atoms with Crippen molar-refractivity contribution in [2.24, 2.45) is 10.2 Å². The lowest BCUT2D eigenvalue weighted by Gasteiger charge is -2.27. The van der Waals surface area contributed by atoms with Crippen LogP contribution in [0.25, 0.3) is 0 Å². The van der Waals surface area contributed by atoms with Crippen LogP contribution in [-0.4, -0.2) is 23.9 Å². The van der Waals surface area contributed by atoms with Gasteiger partial charge in [-0.05, 0) is 36.4 Å². The number of halogens is 7. The number of benzene rings is 2. The van der Waals surface area contributed by atoms with Crippen molar-refractivity contribution in [1.82, 2.24) is 0 Å². The van der Waals surface area contributed by atoms with Gasteiger partial charge in [0.25, 0.3) is 0 Å². The van der Waals surface area contributed by atoms with E-state index in [1.807, 2.05) is 0 Å². The highest BCUT2D eigenvalue weighted by molar-refractivity contribution is 5.97. The van der Waals surface area contributed by atoms with Crippen LogP contribution in [0.1, 0.15) is 0 Å². The average molecular weight is 393 g/mol. The standard InChI is InChI=1S/C16H10F7N3O/c17-14(18,15(19,20)16(21,22)23)13(27)24-10-6-8-12(9-7-10)26-25-11-4-2-1-3-5-11/h1-9H,(H,24,27). The normalized spacial score (nSPS) is 13.0. The molecule has 2 rings (SSSR count). The Hall–Kier alpha value is -2.98. The van der Waals surface area contributed by atoms with Crippen LogP contribution in [0, 0.1) is 0 Å². The number of hydrogen-bond donors (Lipinski definition) is 1. The molecule has 2 aromatic rings. The minimum absolute atomic E-state index is 0.226. The fourth-order valence-electron chi connectivity index (χ4n) is 1.75. The van der Waals surface area contributed by atoms with Crippen LogP contribution in [0.4, 0.5) is 47.8 Å². The van der Waals surface area contributed by atoms with Crippen LogP contribution < -0.4 is 5.32 Å². The van der Waals surface area contributed by atoms with Gasteiger partial charge in [-0.1, -0.05) is 18.2 Å². The molecule has 1 amide bonds. The lowest BCUT2D eigenvalue weighted by molar-refractivity contribution is -0.343.